The van der Waals surface area contributed by atoms with Crippen LogP contribution in [-0.4, -0.2) is 20.7 Å². The van der Waals surface area contributed by atoms with Crippen molar-refractivity contribution in [2.24, 2.45) is 5.92 Å². The van der Waals surface area contributed by atoms with E-state index in [9.17, 15) is 4.79 Å². The summed E-state index contributed by atoms with van der Waals surface area (Å²) >= 11 is 0. The summed E-state index contributed by atoms with van der Waals surface area (Å²) in [5, 5.41) is 11.8. The molecule has 1 aliphatic carbocycles. The third-order valence-electron chi connectivity index (χ3n) is 6.03. The van der Waals surface area contributed by atoms with Crippen LogP contribution < -0.4 is 5.32 Å². The molecule has 1 N–H and O–H groups in total. The van der Waals surface area contributed by atoms with Crippen LogP contribution in [0.5, 0.6) is 0 Å². The van der Waals surface area contributed by atoms with E-state index in [1.54, 1.807) is 0 Å². The highest BCUT2D eigenvalue weighted by atomic mass is 16.1. The Morgan fingerprint density at radius 2 is 1.82 bits per heavy atom. The molecule has 1 amide bonds. The molecule has 1 saturated carbocycles. The van der Waals surface area contributed by atoms with E-state index in [4.69, 9.17) is 0 Å². The van der Waals surface area contributed by atoms with E-state index >= 15 is 0 Å². The Bertz CT molecular complexity index is 762. The molecule has 1 aromatic carbocycles. The second-order valence-electron chi connectivity index (χ2n) is 8.02. The molecular weight excluding hydrogens is 348 g/mol. The molecule has 2 aromatic rings. The van der Waals surface area contributed by atoms with Gasteiger partial charge in [0, 0.05) is 32.4 Å². The molecule has 1 aliphatic rings. The summed E-state index contributed by atoms with van der Waals surface area (Å²) < 4.78 is 2.21. The molecule has 1 aromatic heterocycles. The maximum absolute atomic E-state index is 12.3. The highest BCUT2D eigenvalue weighted by molar-refractivity contribution is 5.76. The zero-order valence-corrected chi connectivity index (χ0v) is 17.4. The molecule has 3 rings (SSSR count). The number of benzene rings is 1. The van der Waals surface area contributed by atoms with E-state index in [0.717, 1.165) is 36.1 Å². The normalized spacial score (nSPS) is 14.9. The smallest absolute Gasteiger partial charge is 0.220 e. The fraction of sp³-hybridized carbons (Fsp3) is 0.609. The van der Waals surface area contributed by atoms with Crippen molar-refractivity contribution in [1.82, 2.24) is 20.1 Å². The summed E-state index contributed by atoms with van der Waals surface area (Å²) in [5.41, 5.74) is 2.37. The van der Waals surface area contributed by atoms with Crippen molar-refractivity contribution in [3.63, 3.8) is 0 Å². The van der Waals surface area contributed by atoms with Gasteiger partial charge in [-0.15, -0.1) is 10.2 Å². The SMILES string of the molecule is CCn1c(CCC(=O)NCc2ccccc2C)nnc1CCC1CCCCC1. The van der Waals surface area contributed by atoms with Gasteiger partial charge in [0.25, 0.3) is 0 Å². The number of rotatable bonds is 9. The van der Waals surface area contributed by atoms with Crippen LogP contribution in [0.15, 0.2) is 24.3 Å². The van der Waals surface area contributed by atoms with Crippen LogP contribution in [0, 0.1) is 12.8 Å². The maximum Gasteiger partial charge on any atom is 0.220 e. The molecule has 5 nitrogen and oxygen atoms in total. The molecule has 5 heteroatoms. The van der Waals surface area contributed by atoms with Gasteiger partial charge in [0.2, 0.25) is 5.91 Å². The fourth-order valence-electron chi connectivity index (χ4n) is 4.23. The number of carbonyl (C=O) groups excluding carboxylic acids is 1. The molecular formula is C23H34N4O. The molecule has 0 spiro atoms. The average Bonchev–Trinajstić information content (AvgIpc) is 3.12. The molecule has 0 saturated heterocycles. The number of aromatic nitrogens is 3. The first-order chi connectivity index (χ1) is 13.7. The van der Waals surface area contributed by atoms with Crippen LogP contribution in [-0.2, 0) is 30.7 Å². The molecule has 0 aliphatic heterocycles. The standard InChI is InChI=1S/C23H34N4O/c1-3-27-21(14-13-19-10-5-4-6-11-19)25-26-22(27)15-16-23(28)24-17-20-12-8-7-9-18(20)2/h7-9,12,19H,3-6,10-11,13-17H2,1-2H3,(H,24,28). The van der Waals surface area contributed by atoms with Crippen molar-refractivity contribution in [2.75, 3.05) is 0 Å². The molecule has 0 bridgehead atoms. The van der Waals surface area contributed by atoms with Crippen LogP contribution in [0.3, 0.4) is 0 Å². The summed E-state index contributed by atoms with van der Waals surface area (Å²) in [6.45, 7) is 5.65. The number of carbonyl (C=O) groups is 1. The van der Waals surface area contributed by atoms with E-state index in [2.05, 4.69) is 46.1 Å². The van der Waals surface area contributed by atoms with Crippen molar-refractivity contribution in [2.45, 2.75) is 84.7 Å². The number of hydrogen-bond donors (Lipinski definition) is 1. The Kier molecular flexibility index (Phi) is 7.63. The van der Waals surface area contributed by atoms with Gasteiger partial charge in [-0.1, -0.05) is 56.4 Å². The fourth-order valence-corrected chi connectivity index (χ4v) is 4.23. The van der Waals surface area contributed by atoms with Gasteiger partial charge in [-0.2, -0.15) is 0 Å². The van der Waals surface area contributed by atoms with E-state index < -0.39 is 0 Å². The largest absolute Gasteiger partial charge is 0.352 e. The number of nitrogens with zero attached hydrogens (tertiary/aromatic N) is 3. The highest BCUT2D eigenvalue weighted by Crippen LogP contribution is 2.27. The van der Waals surface area contributed by atoms with Crippen molar-refractivity contribution in [3.05, 3.63) is 47.0 Å². The van der Waals surface area contributed by atoms with Gasteiger partial charge in [0.05, 0.1) is 0 Å². The molecule has 28 heavy (non-hydrogen) atoms. The molecule has 0 atom stereocenters. The Balaban J connectivity index is 1.47. The predicted octanol–water partition coefficient (Wildman–Crippen LogP) is 4.37. The predicted molar refractivity (Wildman–Crippen MR) is 112 cm³/mol. The monoisotopic (exact) mass is 382 g/mol. The van der Waals surface area contributed by atoms with Gasteiger partial charge in [0.15, 0.2) is 0 Å². The lowest BCUT2D eigenvalue weighted by Crippen LogP contribution is -2.24. The third-order valence-corrected chi connectivity index (χ3v) is 6.03. The minimum atomic E-state index is 0.0673. The van der Waals surface area contributed by atoms with Gasteiger partial charge >= 0.3 is 0 Å². The van der Waals surface area contributed by atoms with Crippen LogP contribution in [0.4, 0.5) is 0 Å². The summed E-state index contributed by atoms with van der Waals surface area (Å²) in [6.07, 6.45) is 10.2. The molecule has 1 heterocycles. The lowest BCUT2D eigenvalue weighted by molar-refractivity contribution is -0.121. The van der Waals surface area contributed by atoms with Crippen molar-refractivity contribution in [1.29, 1.82) is 0 Å². The second-order valence-corrected chi connectivity index (χ2v) is 8.02. The zero-order valence-electron chi connectivity index (χ0n) is 17.4. The van der Waals surface area contributed by atoms with Gasteiger partial charge < -0.3 is 9.88 Å². The van der Waals surface area contributed by atoms with Crippen molar-refractivity contribution < 1.29 is 4.79 Å². The van der Waals surface area contributed by atoms with Crippen molar-refractivity contribution >= 4 is 5.91 Å². The number of amides is 1. The van der Waals surface area contributed by atoms with Gasteiger partial charge in [0.1, 0.15) is 11.6 Å². The minimum Gasteiger partial charge on any atom is -0.352 e. The zero-order chi connectivity index (χ0) is 19.8. The minimum absolute atomic E-state index is 0.0673. The Morgan fingerprint density at radius 3 is 2.54 bits per heavy atom. The lowest BCUT2D eigenvalue weighted by atomic mass is 9.86. The van der Waals surface area contributed by atoms with E-state index in [0.29, 0.717) is 19.4 Å². The summed E-state index contributed by atoms with van der Waals surface area (Å²) in [6, 6.07) is 8.15. The van der Waals surface area contributed by atoms with Crippen LogP contribution in [0.25, 0.3) is 0 Å². The van der Waals surface area contributed by atoms with Gasteiger partial charge in [-0.05, 0) is 37.3 Å². The Morgan fingerprint density at radius 1 is 1.11 bits per heavy atom. The van der Waals surface area contributed by atoms with Crippen molar-refractivity contribution in [3.8, 4) is 0 Å². The summed E-state index contributed by atoms with van der Waals surface area (Å²) in [4.78, 5) is 12.3. The van der Waals surface area contributed by atoms with Crippen LogP contribution in [0.1, 0.15) is 74.6 Å². The topological polar surface area (TPSA) is 59.8 Å². The first-order valence-electron chi connectivity index (χ1n) is 10.9. The molecule has 0 unspecified atom stereocenters. The van der Waals surface area contributed by atoms with E-state index in [-0.39, 0.29) is 5.91 Å². The average molecular weight is 383 g/mol. The molecule has 1 fully saturated rings. The van der Waals surface area contributed by atoms with E-state index in [1.807, 2.05) is 12.1 Å². The summed E-state index contributed by atoms with van der Waals surface area (Å²) in [7, 11) is 0. The van der Waals surface area contributed by atoms with Crippen LogP contribution >= 0.6 is 0 Å². The van der Waals surface area contributed by atoms with Crippen LogP contribution in [0.2, 0.25) is 0 Å². The van der Waals surface area contributed by atoms with Gasteiger partial charge in [-0.3, -0.25) is 4.79 Å². The Labute approximate surface area is 168 Å². The first-order valence-corrected chi connectivity index (χ1v) is 10.9. The number of nitrogens with one attached hydrogen (secondary N) is 1. The third kappa shape index (κ3) is 5.66. The van der Waals surface area contributed by atoms with E-state index in [1.165, 1.54) is 44.1 Å². The number of hydrogen-bond acceptors (Lipinski definition) is 3. The quantitative estimate of drug-likeness (QED) is 0.701. The highest BCUT2D eigenvalue weighted by Gasteiger charge is 2.17. The first kappa shape index (κ1) is 20.6. The molecule has 152 valence electrons. The summed E-state index contributed by atoms with van der Waals surface area (Å²) in [5.74, 6) is 2.94. The molecule has 0 radical (unpaired) electrons. The number of aryl methyl sites for hydroxylation is 3. The maximum atomic E-state index is 12.3. The van der Waals surface area contributed by atoms with Gasteiger partial charge in [-0.25, -0.2) is 0 Å². The Hall–Kier alpha value is -2.17. The lowest BCUT2D eigenvalue weighted by Gasteiger charge is -2.21. The second kappa shape index (κ2) is 10.4.